The Hall–Kier alpha value is -3.95. The minimum absolute atomic E-state index is 0.353. The highest BCUT2D eigenvalue weighted by molar-refractivity contribution is 6.09. The van der Waals surface area contributed by atoms with Gasteiger partial charge >= 0.3 is 6.09 Å². The lowest BCUT2D eigenvalue weighted by molar-refractivity contribution is 0.0292. The third kappa shape index (κ3) is 5.32. The van der Waals surface area contributed by atoms with E-state index in [2.05, 4.69) is 15.1 Å². The lowest BCUT2D eigenvalue weighted by atomic mass is 10.1. The average molecular weight is 493 g/mol. The first kappa shape index (κ1) is 25.2. The second-order valence-corrected chi connectivity index (χ2v) is 9.73. The molecule has 0 radical (unpaired) electrons. The molecule has 0 saturated heterocycles. The zero-order chi connectivity index (χ0) is 26.0. The Balaban J connectivity index is 1.57. The molecular weight excluding hydrogens is 460 g/mol. The summed E-state index contributed by atoms with van der Waals surface area (Å²) in [5.41, 5.74) is 3.08. The maximum Gasteiger partial charge on any atom is 0.410 e. The van der Waals surface area contributed by atoms with E-state index >= 15 is 0 Å². The molecule has 0 bridgehead atoms. The largest absolute Gasteiger partial charge is 0.491 e. The molecule has 0 spiro atoms. The van der Waals surface area contributed by atoms with Gasteiger partial charge in [-0.25, -0.2) is 14.8 Å². The zero-order valence-corrected chi connectivity index (χ0v) is 21.6. The lowest BCUT2D eigenvalue weighted by Gasteiger charge is -2.24. The number of amides is 1. The van der Waals surface area contributed by atoms with Crippen molar-refractivity contribution in [1.29, 1.82) is 0 Å². The molecule has 1 N–H and O–H groups in total. The van der Waals surface area contributed by atoms with Gasteiger partial charge in [0.25, 0.3) is 0 Å². The molecule has 4 rings (SSSR count). The molecule has 0 saturated carbocycles. The molecule has 0 aliphatic carbocycles. The van der Waals surface area contributed by atoms with Crippen LogP contribution >= 0.6 is 0 Å². The van der Waals surface area contributed by atoms with Crippen LogP contribution in [-0.2, 0) is 11.3 Å². The number of nitrogens with zero attached hydrogens (tertiary/aromatic N) is 5. The first-order chi connectivity index (χ1) is 17.1. The summed E-state index contributed by atoms with van der Waals surface area (Å²) in [6.45, 7) is 11.0. The van der Waals surface area contributed by atoms with Gasteiger partial charge in [0.05, 0.1) is 17.8 Å². The highest BCUT2D eigenvalue weighted by atomic mass is 16.6. The summed E-state index contributed by atoms with van der Waals surface area (Å²) in [4.78, 5) is 37.9. The SMILES string of the molecule is CCn1nc(C)cc1-c1ncc2c(n1)[nH]c1c(OCCCN(C)C(=O)OC(C)(C)C)cc(C=O)cc12. The van der Waals surface area contributed by atoms with Crippen LogP contribution in [0, 0.1) is 6.92 Å². The molecule has 0 aliphatic rings. The van der Waals surface area contributed by atoms with Crippen LogP contribution in [0.4, 0.5) is 4.79 Å². The Morgan fingerprint density at radius 1 is 1.22 bits per heavy atom. The summed E-state index contributed by atoms with van der Waals surface area (Å²) in [6, 6.07) is 5.46. The fourth-order valence-electron chi connectivity index (χ4n) is 3.96. The predicted molar refractivity (Wildman–Crippen MR) is 137 cm³/mol. The van der Waals surface area contributed by atoms with E-state index in [1.165, 1.54) is 4.90 Å². The van der Waals surface area contributed by atoms with E-state index in [-0.39, 0.29) is 6.09 Å². The summed E-state index contributed by atoms with van der Waals surface area (Å²) >= 11 is 0. The van der Waals surface area contributed by atoms with Crippen LogP contribution in [0.15, 0.2) is 24.4 Å². The maximum atomic E-state index is 12.2. The minimum atomic E-state index is -0.546. The molecule has 1 aromatic carbocycles. The van der Waals surface area contributed by atoms with Gasteiger partial charge in [0, 0.05) is 42.7 Å². The highest BCUT2D eigenvalue weighted by Crippen LogP contribution is 2.33. The molecule has 3 aromatic heterocycles. The van der Waals surface area contributed by atoms with Crippen LogP contribution in [0.3, 0.4) is 0 Å². The van der Waals surface area contributed by atoms with Gasteiger partial charge in [-0.05, 0) is 59.2 Å². The van der Waals surface area contributed by atoms with Crippen molar-refractivity contribution in [1.82, 2.24) is 29.6 Å². The van der Waals surface area contributed by atoms with Gasteiger partial charge in [-0.2, -0.15) is 5.10 Å². The Labute approximate surface area is 209 Å². The molecule has 36 heavy (non-hydrogen) atoms. The van der Waals surface area contributed by atoms with Crippen LogP contribution < -0.4 is 4.74 Å². The van der Waals surface area contributed by atoms with Crippen molar-refractivity contribution < 1.29 is 19.1 Å². The predicted octanol–water partition coefficient (Wildman–Crippen LogP) is 4.75. The molecule has 3 heterocycles. The smallest absolute Gasteiger partial charge is 0.410 e. The maximum absolute atomic E-state index is 12.2. The van der Waals surface area contributed by atoms with Crippen molar-refractivity contribution in [3.05, 3.63) is 35.7 Å². The molecule has 10 heteroatoms. The van der Waals surface area contributed by atoms with E-state index in [1.54, 1.807) is 25.4 Å². The van der Waals surface area contributed by atoms with Crippen molar-refractivity contribution in [3.63, 3.8) is 0 Å². The molecule has 0 unspecified atom stereocenters. The first-order valence-electron chi connectivity index (χ1n) is 12.0. The number of aryl methyl sites for hydroxylation is 2. The van der Waals surface area contributed by atoms with E-state index < -0.39 is 5.60 Å². The summed E-state index contributed by atoms with van der Waals surface area (Å²) in [5.74, 6) is 1.11. The first-order valence-corrected chi connectivity index (χ1v) is 12.0. The average Bonchev–Trinajstić information content (AvgIpc) is 3.39. The van der Waals surface area contributed by atoms with Crippen LogP contribution in [0.5, 0.6) is 5.75 Å². The summed E-state index contributed by atoms with van der Waals surface area (Å²) in [6.07, 6.45) is 2.76. The number of carbonyl (C=O) groups excluding carboxylic acids is 2. The van der Waals surface area contributed by atoms with Gasteiger partial charge in [0.2, 0.25) is 0 Å². The summed E-state index contributed by atoms with van der Waals surface area (Å²) in [5, 5.41) is 6.09. The van der Waals surface area contributed by atoms with E-state index in [4.69, 9.17) is 14.5 Å². The van der Waals surface area contributed by atoms with E-state index in [0.717, 1.165) is 34.0 Å². The molecule has 4 aromatic rings. The second kappa shape index (κ2) is 9.96. The van der Waals surface area contributed by atoms with Crippen LogP contribution in [0.25, 0.3) is 33.5 Å². The van der Waals surface area contributed by atoms with Gasteiger partial charge in [0.1, 0.15) is 29.0 Å². The molecular formula is C26H32N6O4. The third-order valence-electron chi connectivity index (χ3n) is 5.61. The van der Waals surface area contributed by atoms with E-state index in [9.17, 15) is 9.59 Å². The van der Waals surface area contributed by atoms with Crippen molar-refractivity contribution in [2.75, 3.05) is 20.2 Å². The van der Waals surface area contributed by atoms with Crippen LogP contribution in [-0.4, -0.2) is 67.8 Å². The molecule has 0 atom stereocenters. The van der Waals surface area contributed by atoms with Gasteiger partial charge in [-0.3, -0.25) is 9.48 Å². The Bertz CT molecular complexity index is 1420. The van der Waals surface area contributed by atoms with Crippen LogP contribution in [0.1, 0.15) is 50.2 Å². The van der Waals surface area contributed by atoms with Crippen molar-refractivity contribution in [2.24, 2.45) is 0 Å². The lowest BCUT2D eigenvalue weighted by Crippen LogP contribution is -2.35. The number of carbonyl (C=O) groups is 2. The van der Waals surface area contributed by atoms with Gasteiger partial charge in [0.15, 0.2) is 5.82 Å². The quantitative estimate of drug-likeness (QED) is 0.279. The number of H-pyrrole nitrogens is 1. The fourth-order valence-corrected chi connectivity index (χ4v) is 3.96. The zero-order valence-electron chi connectivity index (χ0n) is 21.6. The monoisotopic (exact) mass is 492 g/mol. The molecule has 10 nitrogen and oxygen atoms in total. The number of hydrogen-bond donors (Lipinski definition) is 1. The number of fused-ring (bicyclic) bond motifs is 3. The third-order valence-corrected chi connectivity index (χ3v) is 5.61. The van der Waals surface area contributed by atoms with Crippen molar-refractivity contribution in [2.45, 2.75) is 53.2 Å². The number of hydrogen-bond acceptors (Lipinski definition) is 7. The molecule has 0 fully saturated rings. The number of aromatic nitrogens is 5. The molecule has 190 valence electrons. The van der Waals surface area contributed by atoms with Gasteiger partial charge < -0.3 is 19.4 Å². The standard InChI is InChI=1S/C26H32N6O4/c1-7-32-20(11-16(2)30-32)24-27-14-19-18-12-17(15-33)13-21(22(18)28-23(19)29-24)35-10-8-9-31(6)25(34)36-26(3,4)5/h11-15H,7-10H2,1-6H3,(H,27,28,29). The number of ether oxygens (including phenoxy) is 2. The second-order valence-electron chi connectivity index (χ2n) is 9.73. The van der Waals surface area contributed by atoms with Crippen molar-refractivity contribution in [3.8, 4) is 17.3 Å². The number of aldehydes is 1. The van der Waals surface area contributed by atoms with E-state index in [0.29, 0.717) is 48.9 Å². The Morgan fingerprint density at radius 3 is 2.69 bits per heavy atom. The number of nitrogens with one attached hydrogen (secondary N) is 1. The Kier molecular flexibility index (Phi) is 6.96. The van der Waals surface area contributed by atoms with Gasteiger partial charge in [-0.1, -0.05) is 0 Å². The number of rotatable bonds is 8. The van der Waals surface area contributed by atoms with E-state index in [1.807, 2.05) is 45.4 Å². The van der Waals surface area contributed by atoms with Crippen LogP contribution in [0.2, 0.25) is 0 Å². The summed E-state index contributed by atoms with van der Waals surface area (Å²) < 4.78 is 13.3. The Morgan fingerprint density at radius 2 is 2.00 bits per heavy atom. The highest BCUT2D eigenvalue weighted by Gasteiger charge is 2.20. The topological polar surface area (TPSA) is 115 Å². The fraction of sp³-hybridized carbons (Fsp3) is 0.423. The van der Waals surface area contributed by atoms with Crippen molar-refractivity contribution >= 4 is 34.3 Å². The minimum Gasteiger partial charge on any atom is -0.491 e. The van der Waals surface area contributed by atoms with Gasteiger partial charge in [-0.15, -0.1) is 0 Å². The molecule has 1 amide bonds. The summed E-state index contributed by atoms with van der Waals surface area (Å²) in [7, 11) is 1.69. The normalized spacial score (nSPS) is 11.7. The number of aromatic amines is 1. The number of benzene rings is 1. The molecule has 0 aliphatic heterocycles.